The number of halogens is 1. The quantitative estimate of drug-likeness (QED) is 0.191. The molecule has 1 aliphatic rings. The van der Waals surface area contributed by atoms with E-state index in [2.05, 4.69) is 25.4 Å². The number of hydrogen-bond donors (Lipinski definition) is 4. The Kier molecular flexibility index (Phi) is 8.61. The van der Waals surface area contributed by atoms with E-state index in [-0.39, 0.29) is 17.3 Å². The van der Waals surface area contributed by atoms with Gasteiger partial charge < -0.3 is 30.2 Å². The van der Waals surface area contributed by atoms with Crippen molar-refractivity contribution >= 4 is 36.6 Å². The number of nitrogens with zero attached hydrogens (tertiary/aromatic N) is 4. The Labute approximate surface area is 230 Å². The van der Waals surface area contributed by atoms with Gasteiger partial charge in [-0.3, -0.25) is 13.9 Å². The minimum atomic E-state index is -4.28. The minimum absolute atomic E-state index is 0.0761. The Hall–Kier alpha value is -3.36. The van der Waals surface area contributed by atoms with E-state index in [9.17, 15) is 14.5 Å². The van der Waals surface area contributed by atoms with Crippen molar-refractivity contribution in [2.75, 3.05) is 24.7 Å². The number of nitrogen functional groups attached to an aromatic ring is 1. The molecule has 2 aromatic heterocycles. The molecule has 1 fully saturated rings. The van der Waals surface area contributed by atoms with Crippen LogP contribution in [0.15, 0.2) is 36.7 Å². The number of hydrogen-bond acceptors (Lipinski definition) is 12. The van der Waals surface area contributed by atoms with Crippen LogP contribution >= 0.6 is 7.75 Å². The first kappa shape index (κ1) is 29.6. The molecule has 14 nitrogen and oxygen atoms in total. The van der Waals surface area contributed by atoms with Gasteiger partial charge in [-0.15, -0.1) is 0 Å². The number of nitrogens with two attached hydrogens (primary N) is 1. The Morgan fingerprint density at radius 2 is 2.00 bits per heavy atom. The summed E-state index contributed by atoms with van der Waals surface area (Å²) < 4.78 is 53.2. The van der Waals surface area contributed by atoms with Gasteiger partial charge in [-0.2, -0.15) is 15.1 Å². The van der Waals surface area contributed by atoms with Crippen LogP contribution in [0.1, 0.15) is 33.9 Å². The molecule has 3 heterocycles. The van der Waals surface area contributed by atoms with Crippen LogP contribution in [-0.2, 0) is 23.4 Å². The van der Waals surface area contributed by atoms with E-state index >= 15 is 4.39 Å². The van der Waals surface area contributed by atoms with E-state index in [4.69, 9.17) is 24.3 Å². The Morgan fingerprint density at radius 3 is 2.65 bits per heavy atom. The molecule has 16 heteroatoms. The molecular formula is C24H33FN7O7P. The molecule has 0 aliphatic carbocycles. The highest BCUT2D eigenvalue weighted by atomic mass is 31.2. The van der Waals surface area contributed by atoms with Crippen LogP contribution in [0, 0.1) is 0 Å². The number of nitrogens with one attached hydrogen (secondary N) is 2. The van der Waals surface area contributed by atoms with Gasteiger partial charge in [-0.1, -0.05) is 18.2 Å². The van der Waals surface area contributed by atoms with Crippen LogP contribution in [0.2, 0.25) is 0 Å². The molecule has 0 bridgehead atoms. The molecule has 4 rings (SSSR count). The van der Waals surface area contributed by atoms with E-state index in [0.29, 0.717) is 11.3 Å². The Balaban J connectivity index is 1.56. The lowest BCUT2D eigenvalue weighted by Crippen LogP contribution is -2.41. The second-order valence-electron chi connectivity index (χ2n) is 9.66. The van der Waals surface area contributed by atoms with Gasteiger partial charge >= 0.3 is 13.7 Å². The fourth-order valence-corrected chi connectivity index (χ4v) is 5.64. The molecule has 1 unspecified atom stereocenters. The number of carbonyl (C=O) groups excluding carboxylic acids is 1. The number of ether oxygens (including phenoxy) is 2. The number of anilines is 2. The van der Waals surface area contributed by atoms with Crippen molar-refractivity contribution in [1.29, 1.82) is 0 Å². The summed E-state index contributed by atoms with van der Waals surface area (Å²) in [6, 6.07) is 7.05. The molecule has 0 radical (unpaired) electrons. The summed E-state index contributed by atoms with van der Waals surface area (Å²) in [5.74, 6) is -0.243. The van der Waals surface area contributed by atoms with Gasteiger partial charge in [0.15, 0.2) is 28.9 Å². The van der Waals surface area contributed by atoms with Gasteiger partial charge in [-0.25, -0.2) is 13.9 Å². The number of rotatable bonds is 11. The summed E-state index contributed by atoms with van der Waals surface area (Å²) in [7, 11) is -2.66. The molecule has 5 N–H and O–H groups in total. The zero-order chi connectivity index (χ0) is 29.2. The number of imidazole rings is 1. The fourth-order valence-electron chi connectivity index (χ4n) is 4.14. The highest BCUT2D eigenvalue weighted by Crippen LogP contribution is 2.48. The summed E-state index contributed by atoms with van der Waals surface area (Å²) in [5.41, 5.74) is 3.94. The van der Waals surface area contributed by atoms with E-state index in [1.165, 1.54) is 17.8 Å². The van der Waals surface area contributed by atoms with Crippen molar-refractivity contribution in [1.82, 2.24) is 24.6 Å². The van der Waals surface area contributed by atoms with Crippen LogP contribution in [0.5, 0.6) is 5.75 Å². The highest BCUT2D eigenvalue weighted by Gasteiger charge is 2.56. The van der Waals surface area contributed by atoms with Gasteiger partial charge in [0.25, 0.3) is 0 Å². The van der Waals surface area contributed by atoms with E-state index in [1.807, 2.05) is 0 Å². The van der Waals surface area contributed by atoms with Crippen LogP contribution in [0.25, 0.3) is 11.2 Å². The van der Waals surface area contributed by atoms with Crippen molar-refractivity contribution in [3.8, 4) is 5.75 Å². The van der Waals surface area contributed by atoms with Gasteiger partial charge in [0, 0.05) is 7.05 Å². The normalized spacial score (nSPS) is 25.1. The summed E-state index contributed by atoms with van der Waals surface area (Å²) in [6.45, 7) is 5.37. The molecule has 1 aliphatic heterocycles. The lowest BCUT2D eigenvalue weighted by Gasteiger charge is -2.25. The summed E-state index contributed by atoms with van der Waals surface area (Å²) in [5, 5.41) is 16.2. The van der Waals surface area contributed by atoms with Crippen molar-refractivity contribution < 1.29 is 37.4 Å². The fraction of sp³-hybridized carbons (Fsp3) is 0.500. The average molecular weight is 582 g/mol. The van der Waals surface area contributed by atoms with Gasteiger partial charge in [0.1, 0.15) is 24.0 Å². The number of aliphatic hydroxyl groups excluding tert-OH is 1. The number of para-hydroxylation sites is 1. The van der Waals surface area contributed by atoms with Crippen LogP contribution in [0.4, 0.5) is 16.2 Å². The number of carbonyl (C=O) groups is 1. The molecule has 0 amide bonds. The van der Waals surface area contributed by atoms with Crippen LogP contribution in [-0.4, -0.2) is 74.3 Å². The van der Waals surface area contributed by atoms with E-state index < -0.39 is 56.6 Å². The molecule has 0 saturated carbocycles. The molecule has 1 aromatic carbocycles. The van der Waals surface area contributed by atoms with Crippen molar-refractivity contribution in [2.24, 2.45) is 0 Å². The third-order valence-electron chi connectivity index (χ3n) is 6.08. The average Bonchev–Trinajstić information content (AvgIpc) is 3.40. The second-order valence-corrected chi connectivity index (χ2v) is 11.4. The van der Waals surface area contributed by atoms with Gasteiger partial charge in [0.2, 0.25) is 5.95 Å². The SMILES string of the molecule is CNc1nc(N)nc2c1ncn2[C@@H]1OC(CO[P@](=O)(N[C@@H](C)C(=O)OC(C)C)Oc2ccccc2)[C@@H](O)[C@@]1(C)F. The monoisotopic (exact) mass is 581 g/mol. The summed E-state index contributed by atoms with van der Waals surface area (Å²) in [4.78, 5) is 24.8. The van der Waals surface area contributed by atoms with Crippen LogP contribution in [0.3, 0.4) is 0 Å². The summed E-state index contributed by atoms with van der Waals surface area (Å²) >= 11 is 0. The maximum absolute atomic E-state index is 16.0. The first-order valence-electron chi connectivity index (χ1n) is 12.5. The largest absolute Gasteiger partial charge is 0.462 e. The number of alkyl halides is 1. The maximum atomic E-state index is 16.0. The van der Waals surface area contributed by atoms with Gasteiger partial charge in [-0.05, 0) is 39.8 Å². The highest BCUT2D eigenvalue weighted by molar-refractivity contribution is 7.52. The molecule has 40 heavy (non-hydrogen) atoms. The zero-order valence-corrected chi connectivity index (χ0v) is 23.5. The number of aromatic nitrogens is 4. The maximum Gasteiger partial charge on any atom is 0.459 e. The van der Waals surface area contributed by atoms with Crippen molar-refractivity contribution in [3.63, 3.8) is 0 Å². The zero-order valence-electron chi connectivity index (χ0n) is 22.6. The second kappa shape index (κ2) is 11.6. The first-order chi connectivity index (χ1) is 18.8. The first-order valence-corrected chi connectivity index (χ1v) is 14.1. The Bertz CT molecular complexity index is 1390. The number of fused-ring (bicyclic) bond motifs is 1. The topological polar surface area (TPSA) is 185 Å². The van der Waals surface area contributed by atoms with Crippen LogP contribution < -0.4 is 20.7 Å². The third-order valence-corrected chi connectivity index (χ3v) is 7.72. The minimum Gasteiger partial charge on any atom is -0.462 e. The molecular weight excluding hydrogens is 548 g/mol. The third kappa shape index (κ3) is 6.18. The number of benzene rings is 1. The molecule has 0 spiro atoms. The predicted molar refractivity (Wildman–Crippen MR) is 143 cm³/mol. The summed E-state index contributed by atoms with van der Waals surface area (Å²) in [6.07, 6.45) is -3.52. The van der Waals surface area contributed by atoms with Gasteiger partial charge in [0.05, 0.1) is 19.0 Å². The standard InChI is InChI=1S/C24H33FN7O7P/c1-13(2)37-21(34)14(3)31-40(35,39-15-9-7-6-8-10-15)36-11-16-18(33)24(4,25)22(38-16)32-12-28-17-19(27-5)29-23(26)30-20(17)32/h6-10,12-14,16,18,22,33H,11H2,1-5H3,(H,31,35)(H3,26,27,29,30)/t14-,16?,18+,22+,24+,40+/m0/s1. The molecule has 6 atom stereocenters. The molecule has 3 aromatic rings. The molecule has 1 saturated heterocycles. The molecule has 218 valence electrons. The smallest absolute Gasteiger partial charge is 0.459 e. The number of aliphatic hydroxyl groups is 1. The lowest BCUT2D eigenvalue weighted by molar-refractivity contribution is -0.149. The van der Waals surface area contributed by atoms with E-state index in [0.717, 1.165) is 6.92 Å². The predicted octanol–water partition coefficient (Wildman–Crippen LogP) is 2.57. The van der Waals surface area contributed by atoms with Crippen molar-refractivity contribution in [3.05, 3.63) is 36.7 Å². The number of esters is 1. The Morgan fingerprint density at radius 1 is 1.30 bits per heavy atom. The lowest BCUT2D eigenvalue weighted by atomic mass is 9.98. The van der Waals surface area contributed by atoms with E-state index in [1.54, 1.807) is 51.2 Å². The van der Waals surface area contributed by atoms with Crippen molar-refractivity contribution in [2.45, 2.75) is 63.9 Å².